The van der Waals surface area contributed by atoms with Crippen molar-refractivity contribution in [2.45, 2.75) is 19.9 Å². The molecular formula is C15H23ClN2O2. The van der Waals surface area contributed by atoms with Crippen LogP contribution in [0.2, 0.25) is 5.02 Å². The summed E-state index contributed by atoms with van der Waals surface area (Å²) in [5.41, 5.74) is 1.04. The quantitative estimate of drug-likeness (QED) is 0.802. The van der Waals surface area contributed by atoms with Crippen LogP contribution in [0.25, 0.3) is 0 Å². The second-order valence-electron chi connectivity index (χ2n) is 4.50. The lowest BCUT2D eigenvalue weighted by Gasteiger charge is -2.30. The SMILES string of the molecule is CCN(CC)C(CNC(=O)COC)c1ccccc1Cl. The number of methoxy groups -OCH3 is 1. The van der Waals surface area contributed by atoms with Gasteiger partial charge in [-0.1, -0.05) is 43.6 Å². The van der Waals surface area contributed by atoms with Crippen LogP contribution in [-0.2, 0) is 9.53 Å². The molecule has 20 heavy (non-hydrogen) atoms. The number of likely N-dealkylation sites (N-methyl/N-ethyl adjacent to an activating group) is 1. The van der Waals surface area contributed by atoms with Crippen LogP contribution in [0.3, 0.4) is 0 Å². The Balaban J connectivity index is 2.86. The smallest absolute Gasteiger partial charge is 0.246 e. The van der Waals surface area contributed by atoms with Gasteiger partial charge in [0.25, 0.3) is 0 Å². The molecule has 0 aliphatic carbocycles. The number of hydrogen-bond donors (Lipinski definition) is 1. The van der Waals surface area contributed by atoms with Gasteiger partial charge in [0.05, 0.1) is 6.04 Å². The molecule has 0 radical (unpaired) electrons. The van der Waals surface area contributed by atoms with E-state index in [1.54, 1.807) is 0 Å². The van der Waals surface area contributed by atoms with Gasteiger partial charge in [0, 0.05) is 18.7 Å². The van der Waals surface area contributed by atoms with Crippen molar-refractivity contribution in [3.8, 4) is 0 Å². The summed E-state index contributed by atoms with van der Waals surface area (Å²) in [6.07, 6.45) is 0. The molecule has 4 nitrogen and oxygen atoms in total. The van der Waals surface area contributed by atoms with Crippen LogP contribution in [0.15, 0.2) is 24.3 Å². The molecule has 1 N–H and O–H groups in total. The Morgan fingerprint density at radius 3 is 2.55 bits per heavy atom. The molecule has 0 fully saturated rings. The first-order valence-electron chi connectivity index (χ1n) is 6.88. The van der Waals surface area contributed by atoms with Crippen molar-refractivity contribution in [1.29, 1.82) is 0 Å². The summed E-state index contributed by atoms with van der Waals surface area (Å²) >= 11 is 6.29. The van der Waals surface area contributed by atoms with E-state index in [2.05, 4.69) is 24.1 Å². The first-order valence-corrected chi connectivity index (χ1v) is 7.25. The zero-order valence-electron chi connectivity index (χ0n) is 12.4. The normalized spacial score (nSPS) is 12.4. The van der Waals surface area contributed by atoms with Crippen LogP contribution in [0.1, 0.15) is 25.5 Å². The lowest BCUT2D eigenvalue weighted by Crippen LogP contribution is -2.39. The summed E-state index contributed by atoms with van der Waals surface area (Å²) in [6, 6.07) is 7.83. The van der Waals surface area contributed by atoms with Gasteiger partial charge in [0.15, 0.2) is 0 Å². The van der Waals surface area contributed by atoms with Gasteiger partial charge in [0.1, 0.15) is 6.61 Å². The van der Waals surface area contributed by atoms with Crippen molar-refractivity contribution < 1.29 is 9.53 Å². The zero-order chi connectivity index (χ0) is 15.0. The van der Waals surface area contributed by atoms with Crippen LogP contribution in [-0.4, -0.2) is 44.2 Å². The van der Waals surface area contributed by atoms with Gasteiger partial charge in [0.2, 0.25) is 5.91 Å². The molecule has 0 saturated heterocycles. The van der Waals surface area contributed by atoms with E-state index in [9.17, 15) is 4.79 Å². The highest BCUT2D eigenvalue weighted by Gasteiger charge is 2.20. The highest BCUT2D eigenvalue weighted by molar-refractivity contribution is 6.31. The van der Waals surface area contributed by atoms with E-state index in [-0.39, 0.29) is 18.6 Å². The highest BCUT2D eigenvalue weighted by atomic mass is 35.5. The molecule has 1 aromatic rings. The van der Waals surface area contributed by atoms with E-state index in [0.717, 1.165) is 23.7 Å². The second-order valence-corrected chi connectivity index (χ2v) is 4.90. The summed E-state index contributed by atoms with van der Waals surface area (Å²) < 4.78 is 4.83. The lowest BCUT2D eigenvalue weighted by atomic mass is 10.0. The first-order chi connectivity index (χ1) is 9.63. The summed E-state index contributed by atoms with van der Waals surface area (Å²) in [6.45, 7) is 6.59. The Hall–Kier alpha value is -1.10. The number of nitrogens with zero attached hydrogens (tertiary/aromatic N) is 1. The summed E-state index contributed by atoms with van der Waals surface area (Å²) in [5.74, 6) is -0.114. The number of hydrogen-bond acceptors (Lipinski definition) is 3. The summed E-state index contributed by atoms with van der Waals surface area (Å²) in [7, 11) is 1.51. The largest absolute Gasteiger partial charge is 0.375 e. The standard InChI is InChI=1S/C15H23ClN2O2/c1-4-18(5-2)14(10-17-15(19)11-20-3)12-8-6-7-9-13(12)16/h6-9,14H,4-5,10-11H2,1-3H3,(H,17,19). The van der Waals surface area contributed by atoms with Crippen LogP contribution in [0.4, 0.5) is 0 Å². The minimum Gasteiger partial charge on any atom is -0.375 e. The van der Waals surface area contributed by atoms with Gasteiger partial charge >= 0.3 is 0 Å². The van der Waals surface area contributed by atoms with Crippen LogP contribution in [0, 0.1) is 0 Å². The van der Waals surface area contributed by atoms with Gasteiger partial charge in [-0.2, -0.15) is 0 Å². The van der Waals surface area contributed by atoms with Crippen molar-refractivity contribution in [2.75, 3.05) is 33.4 Å². The molecule has 0 bridgehead atoms. The maximum atomic E-state index is 11.6. The molecule has 0 heterocycles. The van der Waals surface area contributed by atoms with Gasteiger partial charge < -0.3 is 10.1 Å². The maximum absolute atomic E-state index is 11.6. The van der Waals surface area contributed by atoms with Crippen LogP contribution >= 0.6 is 11.6 Å². The summed E-state index contributed by atoms with van der Waals surface area (Å²) in [5, 5.41) is 3.62. The third-order valence-corrected chi connectivity index (χ3v) is 3.63. The second kappa shape index (κ2) is 8.95. The minimum absolute atomic E-state index is 0.0690. The monoisotopic (exact) mass is 298 g/mol. The Labute approximate surface area is 126 Å². The average molecular weight is 299 g/mol. The first kappa shape index (κ1) is 17.0. The molecule has 1 unspecified atom stereocenters. The van der Waals surface area contributed by atoms with Gasteiger partial charge in [-0.3, -0.25) is 9.69 Å². The maximum Gasteiger partial charge on any atom is 0.246 e. The topological polar surface area (TPSA) is 41.6 Å². The molecule has 1 atom stereocenters. The van der Waals surface area contributed by atoms with Crippen molar-refractivity contribution in [1.82, 2.24) is 10.2 Å². The van der Waals surface area contributed by atoms with Crippen molar-refractivity contribution in [2.24, 2.45) is 0 Å². The molecule has 0 aromatic heterocycles. The number of amides is 1. The Morgan fingerprint density at radius 1 is 1.35 bits per heavy atom. The van der Waals surface area contributed by atoms with Gasteiger partial charge in [-0.15, -0.1) is 0 Å². The van der Waals surface area contributed by atoms with Crippen molar-refractivity contribution in [3.63, 3.8) is 0 Å². The molecule has 0 spiro atoms. The van der Waals surface area contributed by atoms with Crippen LogP contribution in [0.5, 0.6) is 0 Å². The van der Waals surface area contributed by atoms with Crippen LogP contribution < -0.4 is 5.32 Å². The molecule has 1 rings (SSSR count). The number of benzene rings is 1. The minimum atomic E-state index is -0.114. The van der Waals surface area contributed by atoms with E-state index in [4.69, 9.17) is 16.3 Å². The van der Waals surface area contributed by atoms with Crippen molar-refractivity contribution in [3.05, 3.63) is 34.9 Å². The zero-order valence-corrected chi connectivity index (χ0v) is 13.1. The van der Waals surface area contributed by atoms with E-state index in [0.29, 0.717) is 6.54 Å². The predicted molar refractivity (Wildman–Crippen MR) is 82.0 cm³/mol. The van der Waals surface area contributed by atoms with Crippen molar-refractivity contribution >= 4 is 17.5 Å². The Morgan fingerprint density at radius 2 is 2.00 bits per heavy atom. The highest BCUT2D eigenvalue weighted by Crippen LogP contribution is 2.26. The lowest BCUT2D eigenvalue weighted by molar-refractivity contribution is -0.125. The van der Waals surface area contributed by atoms with Gasteiger partial charge in [-0.05, 0) is 24.7 Å². The van der Waals surface area contributed by atoms with E-state index >= 15 is 0 Å². The number of ether oxygens (including phenoxy) is 1. The number of halogens is 1. The number of carbonyl (C=O) groups is 1. The fraction of sp³-hybridized carbons (Fsp3) is 0.533. The third-order valence-electron chi connectivity index (χ3n) is 3.29. The predicted octanol–water partition coefficient (Wildman–Crippen LogP) is 2.49. The molecule has 1 aromatic carbocycles. The molecule has 0 aliphatic heterocycles. The summed E-state index contributed by atoms with van der Waals surface area (Å²) in [4.78, 5) is 13.8. The van der Waals surface area contributed by atoms with E-state index in [1.807, 2.05) is 24.3 Å². The fourth-order valence-electron chi connectivity index (χ4n) is 2.24. The van der Waals surface area contributed by atoms with Gasteiger partial charge in [-0.25, -0.2) is 0 Å². The molecule has 5 heteroatoms. The molecular weight excluding hydrogens is 276 g/mol. The molecule has 0 aliphatic rings. The molecule has 0 saturated carbocycles. The number of carbonyl (C=O) groups excluding carboxylic acids is 1. The Bertz CT molecular complexity index is 422. The number of rotatable bonds is 8. The van der Waals surface area contributed by atoms with E-state index < -0.39 is 0 Å². The number of nitrogens with one attached hydrogen (secondary N) is 1. The average Bonchev–Trinajstić information content (AvgIpc) is 2.45. The Kier molecular flexibility index (Phi) is 7.59. The van der Waals surface area contributed by atoms with E-state index in [1.165, 1.54) is 7.11 Å². The third kappa shape index (κ3) is 4.78. The molecule has 112 valence electrons. The molecule has 1 amide bonds. The fourth-order valence-corrected chi connectivity index (χ4v) is 2.50.